The lowest BCUT2D eigenvalue weighted by molar-refractivity contribution is 1.06. The van der Waals surface area contributed by atoms with Crippen molar-refractivity contribution in [2.75, 3.05) is 0 Å². The number of aromatic nitrogens is 14. The lowest BCUT2D eigenvalue weighted by Gasteiger charge is -2.15. The number of hydrogen-bond acceptors (Lipinski definition) is 14. The van der Waals surface area contributed by atoms with E-state index in [-0.39, 0.29) is 0 Å². The Morgan fingerprint density at radius 3 is 0.700 bits per heavy atom. The summed E-state index contributed by atoms with van der Waals surface area (Å²) in [6.45, 7) is 0. The van der Waals surface area contributed by atoms with E-state index in [1.54, 1.807) is 37.2 Å². The highest BCUT2D eigenvalue weighted by atomic mass is 15.1. The van der Waals surface area contributed by atoms with Gasteiger partial charge in [-0.1, -0.05) is 285 Å². The third-order valence-corrected chi connectivity index (χ3v) is 24.1. The fourth-order valence-corrected chi connectivity index (χ4v) is 17.7. The van der Waals surface area contributed by atoms with Crippen LogP contribution in [0.3, 0.4) is 0 Å². The van der Waals surface area contributed by atoms with E-state index in [0.717, 1.165) is 138 Å². The number of pyridine rings is 6. The molecular formula is C116H72N14. The van der Waals surface area contributed by atoms with Crippen LogP contribution in [0, 0.1) is 0 Å². The van der Waals surface area contributed by atoms with Crippen molar-refractivity contribution in [2.45, 2.75) is 0 Å². The highest BCUT2D eigenvalue weighted by Gasteiger charge is 2.23. The molecule has 16 aromatic carbocycles. The van der Waals surface area contributed by atoms with Crippen LogP contribution in [0.4, 0.5) is 0 Å². The predicted molar refractivity (Wildman–Crippen MR) is 529 cm³/mol. The van der Waals surface area contributed by atoms with Gasteiger partial charge >= 0.3 is 0 Å². The highest BCUT2D eigenvalue weighted by Crippen LogP contribution is 2.43. The van der Waals surface area contributed by atoms with E-state index in [9.17, 15) is 0 Å². The van der Waals surface area contributed by atoms with Gasteiger partial charge in [-0.05, 0) is 221 Å². The number of rotatable bonds is 12. The molecular weight excluding hydrogens is 1590 g/mol. The smallest absolute Gasteiger partial charge is 0.182 e. The predicted octanol–water partition coefficient (Wildman–Crippen LogP) is 28.1. The van der Waals surface area contributed by atoms with Crippen molar-refractivity contribution < 1.29 is 0 Å². The second-order valence-corrected chi connectivity index (χ2v) is 32.0. The molecule has 606 valence electrons. The molecule has 25 rings (SSSR count). The van der Waals surface area contributed by atoms with Crippen LogP contribution < -0.4 is 0 Å². The quantitative estimate of drug-likeness (QED) is 0.105. The second-order valence-electron chi connectivity index (χ2n) is 32.0. The summed E-state index contributed by atoms with van der Waals surface area (Å²) in [6, 6.07) is 132. The van der Waals surface area contributed by atoms with Crippen molar-refractivity contribution in [3.05, 3.63) is 438 Å². The van der Waals surface area contributed by atoms with E-state index >= 15 is 0 Å². The first-order chi connectivity index (χ1) is 64.4. The molecule has 0 amide bonds. The summed E-state index contributed by atoms with van der Waals surface area (Å²) in [7, 11) is 0. The summed E-state index contributed by atoms with van der Waals surface area (Å²) in [6.07, 6.45) is 16.3. The van der Waals surface area contributed by atoms with Crippen LogP contribution in [0.2, 0.25) is 0 Å². The van der Waals surface area contributed by atoms with Gasteiger partial charge in [-0.3, -0.25) is 29.9 Å². The highest BCUT2D eigenvalue weighted by molar-refractivity contribution is 6.18. The molecule has 130 heavy (non-hydrogen) atoms. The molecule has 25 aromatic rings. The summed E-state index contributed by atoms with van der Waals surface area (Å²) in [5, 5.41) is 23.3. The second kappa shape index (κ2) is 33.6. The molecule has 0 saturated carbocycles. The van der Waals surface area contributed by atoms with Crippen molar-refractivity contribution in [1.29, 1.82) is 0 Å². The van der Waals surface area contributed by atoms with Gasteiger partial charge in [0.25, 0.3) is 0 Å². The molecule has 0 radical (unpaired) electrons. The average molecular weight is 1660 g/mol. The maximum absolute atomic E-state index is 5.22. The third-order valence-electron chi connectivity index (χ3n) is 24.1. The fourth-order valence-electron chi connectivity index (χ4n) is 17.7. The third kappa shape index (κ3) is 15.0. The lowest BCUT2D eigenvalue weighted by Crippen LogP contribution is -2.02. The molecule has 0 unspecified atom stereocenters. The SMILES string of the molecule is c1ccc2c(c1)cc(-c1cc(-c3cc4ccccc4c4ccccc34)nc(-c3ccc(-c4ccncc4)cn3)n1)c1ccccc12.c1ccc2c(c1)cc(-c1nc(-c3ccc(-c4ccncc4)cn3)nc(-c3cc4ccccc4c4ccccc34)n1)c1ccccc12.c1ccc2cc(-c3nc(-c4ccc5ccccc5c4)nc(-c4ccc(-c5ccncc5)cn4)n3)ccc2c1. The Morgan fingerprint density at radius 2 is 0.377 bits per heavy atom. The van der Waals surface area contributed by atoms with Crippen LogP contribution >= 0.6 is 0 Å². The topological polar surface area (TPSA) is 180 Å². The molecule has 0 N–H and O–H groups in total. The average Bonchev–Trinajstić information content (AvgIpc) is 0.747. The van der Waals surface area contributed by atoms with Gasteiger partial charge in [0.2, 0.25) is 0 Å². The molecule has 0 spiro atoms. The summed E-state index contributed by atoms with van der Waals surface area (Å²) in [4.78, 5) is 67.4. The summed E-state index contributed by atoms with van der Waals surface area (Å²) in [5.74, 6) is 4.10. The normalized spacial score (nSPS) is 11.4. The van der Waals surface area contributed by atoms with Gasteiger partial charge in [-0.25, -0.2) is 39.9 Å². The van der Waals surface area contributed by atoms with Gasteiger partial charge in [0, 0.05) is 106 Å². The Balaban J connectivity index is 0.000000112. The summed E-state index contributed by atoms with van der Waals surface area (Å²) in [5.41, 5.74) is 15.9. The van der Waals surface area contributed by atoms with Crippen molar-refractivity contribution in [3.63, 3.8) is 0 Å². The molecule has 0 saturated heterocycles. The van der Waals surface area contributed by atoms with E-state index in [0.29, 0.717) is 52.2 Å². The molecule has 0 aliphatic carbocycles. The molecule has 0 aliphatic rings. The number of nitrogens with zero attached hydrogens (tertiary/aromatic N) is 14. The zero-order valence-electron chi connectivity index (χ0n) is 69.8. The standard InChI is InChI=1S/C42H26N4.C41H25N5.C33H21N5/c1-3-11-31-28(9-1)23-37(35-15-7-5-13-33(31)35)40-25-41(38-24-29-10-2-4-12-32(29)34-14-6-8-16-36(34)38)46-42(45-40)39-18-17-30(26-44-39)27-19-21-43-22-20-27;1-3-11-30-27(9-1)23-36(34-15-7-5-13-32(30)34)39-44-40(37-24-28-10-2-4-12-31(28)33-14-6-8-16-35(33)37)46-41(45-39)38-18-17-29(25-43-38)26-19-21-42-22-20-26;1-3-7-25-19-27(11-9-22(25)5-1)31-36-32(28-12-10-23-6-2-4-8-26(23)20-28)38-33(37-31)30-14-13-29(21-35-30)24-15-17-34-18-16-24/h1-26H;1-25H;1-21H. The van der Waals surface area contributed by atoms with Crippen LogP contribution in [-0.4, -0.2) is 69.8 Å². The first kappa shape index (κ1) is 77.0. The van der Waals surface area contributed by atoms with Gasteiger partial charge in [-0.15, -0.1) is 0 Å². The van der Waals surface area contributed by atoms with E-state index in [4.69, 9.17) is 54.8 Å². The first-order valence-electron chi connectivity index (χ1n) is 43.0. The largest absolute Gasteiger partial charge is 0.265 e. The van der Waals surface area contributed by atoms with Gasteiger partial charge in [0.15, 0.2) is 40.8 Å². The molecule has 9 aromatic heterocycles. The number of hydrogen-bond donors (Lipinski definition) is 0. The summed E-state index contributed by atoms with van der Waals surface area (Å²) >= 11 is 0. The van der Waals surface area contributed by atoms with Crippen molar-refractivity contribution >= 4 is 108 Å². The van der Waals surface area contributed by atoms with Gasteiger partial charge in [0.1, 0.15) is 17.1 Å². The first-order valence-corrected chi connectivity index (χ1v) is 43.0. The molecule has 0 atom stereocenters. The minimum atomic E-state index is 0.524. The number of benzene rings is 16. The summed E-state index contributed by atoms with van der Waals surface area (Å²) < 4.78 is 0. The van der Waals surface area contributed by atoms with Crippen LogP contribution in [0.25, 0.3) is 244 Å². The maximum atomic E-state index is 5.22. The molecule has 14 heteroatoms. The van der Waals surface area contributed by atoms with Crippen LogP contribution in [0.5, 0.6) is 0 Å². The van der Waals surface area contributed by atoms with Gasteiger partial charge in [0.05, 0.1) is 11.4 Å². The van der Waals surface area contributed by atoms with Crippen molar-refractivity contribution in [2.24, 2.45) is 0 Å². The van der Waals surface area contributed by atoms with Gasteiger partial charge in [-0.2, -0.15) is 0 Å². The van der Waals surface area contributed by atoms with Crippen LogP contribution in [-0.2, 0) is 0 Å². The minimum absolute atomic E-state index is 0.524. The van der Waals surface area contributed by atoms with E-state index < -0.39 is 0 Å². The van der Waals surface area contributed by atoms with Crippen molar-refractivity contribution in [1.82, 2.24) is 69.8 Å². The molecule has 9 heterocycles. The number of fused-ring (bicyclic) bond motifs is 14. The minimum Gasteiger partial charge on any atom is -0.265 e. The van der Waals surface area contributed by atoms with Crippen LogP contribution in [0.15, 0.2) is 438 Å². The Labute approximate surface area is 746 Å². The van der Waals surface area contributed by atoms with Crippen LogP contribution in [0.1, 0.15) is 0 Å². The monoisotopic (exact) mass is 1660 g/mol. The zero-order chi connectivity index (χ0) is 86.2. The van der Waals surface area contributed by atoms with E-state index in [1.165, 1.54) is 53.9 Å². The van der Waals surface area contributed by atoms with E-state index in [2.05, 4.69) is 312 Å². The zero-order valence-corrected chi connectivity index (χ0v) is 69.8. The fraction of sp³-hybridized carbons (Fsp3) is 0. The molecule has 14 nitrogen and oxygen atoms in total. The molecule has 0 bridgehead atoms. The Hall–Kier alpha value is -17.9. The Morgan fingerprint density at radius 1 is 0.131 bits per heavy atom. The van der Waals surface area contributed by atoms with Crippen molar-refractivity contribution in [3.8, 4) is 136 Å². The van der Waals surface area contributed by atoms with Gasteiger partial charge < -0.3 is 0 Å². The maximum Gasteiger partial charge on any atom is 0.182 e. The lowest BCUT2D eigenvalue weighted by atomic mass is 9.93. The molecule has 0 fully saturated rings. The van der Waals surface area contributed by atoms with E-state index in [1.807, 2.05) is 104 Å². The Kier molecular flexibility index (Phi) is 19.9. The molecule has 0 aliphatic heterocycles. The Bertz CT molecular complexity index is 7930.